The third kappa shape index (κ3) is 2.58. The van der Waals surface area contributed by atoms with Crippen LogP contribution in [0.2, 0.25) is 0 Å². The Morgan fingerprint density at radius 1 is 1.30 bits per heavy atom. The van der Waals surface area contributed by atoms with E-state index >= 15 is 0 Å². The number of hydrogen-bond donors (Lipinski definition) is 1. The van der Waals surface area contributed by atoms with Gasteiger partial charge in [0.1, 0.15) is 5.76 Å². The van der Waals surface area contributed by atoms with Gasteiger partial charge in [-0.2, -0.15) is 0 Å². The van der Waals surface area contributed by atoms with Crippen molar-refractivity contribution in [1.82, 2.24) is 20.4 Å². The molecule has 0 bridgehead atoms. The Balaban J connectivity index is 1.92. The number of aryl methyl sites for hydroxylation is 2. The molecule has 2 aromatic rings. The maximum Gasteiger partial charge on any atom is 0.143 e. The van der Waals surface area contributed by atoms with E-state index in [1.54, 1.807) is 12.4 Å². The molecule has 106 valence electrons. The van der Waals surface area contributed by atoms with Crippen LogP contribution in [0.15, 0.2) is 16.9 Å². The van der Waals surface area contributed by atoms with E-state index in [2.05, 4.69) is 20.4 Å². The van der Waals surface area contributed by atoms with Gasteiger partial charge in [-0.1, -0.05) is 5.16 Å². The number of piperidine rings is 1. The Kier molecular flexibility index (Phi) is 3.78. The van der Waals surface area contributed by atoms with Gasteiger partial charge in [-0.05, 0) is 52.1 Å². The summed E-state index contributed by atoms with van der Waals surface area (Å²) in [5, 5.41) is 7.48. The Labute approximate surface area is 118 Å². The summed E-state index contributed by atoms with van der Waals surface area (Å²) in [6.07, 6.45) is 6.97. The first-order valence-corrected chi connectivity index (χ1v) is 7.19. The molecule has 0 saturated carbocycles. The zero-order chi connectivity index (χ0) is 13.9. The van der Waals surface area contributed by atoms with E-state index in [1.165, 1.54) is 12.8 Å². The lowest BCUT2D eigenvalue weighted by Crippen LogP contribution is -2.31. The quantitative estimate of drug-likeness (QED) is 0.928. The van der Waals surface area contributed by atoms with Crippen molar-refractivity contribution in [3.8, 4) is 11.3 Å². The van der Waals surface area contributed by atoms with Crippen LogP contribution in [-0.2, 0) is 6.42 Å². The van der Waals surface area contributed by atoms with Gasteiger partial charge in [-0.15, -0.1) is 0 Å². The number of hydrogen-bond acceptors (Lipinski definition) is 5. The van der Waals surface area contributed by atoms with Gasteiger partial charge in [0, 0.05) is 12.4 Å². The Morgan fingerprint density at radius 3 is 2.85 bits per heavy atom. The minimum Gasteiger partial charge on any atom is -0.361 e. The molecule has 1 aliphatic heterocycles. The summed E-state index contributed by atoms with van der Waals surface area (Å²) < 4.78 is 5.26. The third-order valence-electron chi connectivity index (χ3n) is 3.93. The molecule has 5 nitrogen and oxygen atoms in total. The fourth-order valence-electron chi connectivity index (χ4n) is 2.92. The highest BCUT2D eigenvalue weighted by atomic mass is 16.5. The van der Waals surface area contributed by atoms with Gasteiger partial charge >= 0.3 is 0 Å². The number of rotatable bonds is 3. The average Bonchev–Trinajstić information content (AvgIpc) is 2.80. The van der Waals surface area contributed by atoms with Crippen LogP contribution in [0.4, 0.5) is 0 Å². The number of aromatic nitrogens is 3. The van der Waals surface area contributed by atoms with Gasteiger partial charge in [-0.3, -0.25) is 9.97 Å². The van der Waals surface area contributed by atoms with Crippen LogP contribution in [0.25, 0.3) is 11.3 Å². The van der Waals surface area contributed by atoms with Gasteiger partial charge in [0.2, 0.25) is 0 Å². The van der Waals surface area contributed by atoms with Gasteiger partial charge < -0.3 is 9.84 Å². The van der Waals surface area contributed by atoms with Crippen LogP contribution in [0.1, 0.15) is 30.0 Å². The highest BCUT2D eigenvalue weighted by molar-refractivity contribution is 5.65. The second-order valence-corrected chi connectivity index (χ2v) is 5.47. The molecular formula is C15H20N4O. The van der Waals surface area contributed by atoms with Gasteiger partial charge in [-0.25, -0.2) is 0 Å². The van der Waals surface area contributed by atoms with E-state index in [0.29, 0.717) is 5.92 Å². The summed E-state index contributed by atoms with van der Waals surface area (Å²) in [6, 6.07) is 0. The monoisotopic (exact) mass is 272 g/mol. The fourth-order valence-corrected chi connectivity index (χ4v) is 2.92. The molecule has 0 radical (unpaired) electrons. The Hall–Kier alpha value is -1.75. The predicted octanol–water partition coefficient (Wildman–Crippen LogP) is 2.29. The van der Waals surface area contributed by atoms with Crippen LogP contribution >= 0.6 is 0 Å². The Bertz CT molecular complexity index is 568. The molecule has 1 N–H and O–H groups in total. The molecule has 1 saturated heterocycles. The van der Waals surface area contributed by atoms with Crippen molar-refractivity contribution in [2.75, 3.05) is 13.1 Å². The summed E-state index contributed by atoms with van der Waals surface area (Å²) in [7, 11) is 0. The molecule has 5 heteroatoms. The van der Waals surface area contributed by atoms with E-state index in [1.807, 2.05) is 13.8 Å². The van der Waals surface area contributed by atoms with Crippen LogP contribution in [0.5, 0.6) is 0 Å². The summed E-state index contributed by atoms with van der Waals surface area (Å²) in [6.45, 7) is 6.08. The van der Waals surface area contributed by atoms with Crippen molar-refractivity contribution < 1.29 is 4.52 Å². The molecule has 1 fully saturated rings. The summed E-state index contributed by atoms with van der Waals surface area (Å²) in [4.78, 5) is 9.08. The first-order valence-electron chi connectivity index (χ1n) is 7.19. The highest BCUT2D eigenvalue weighted by Crippen LogP contribution is 2.28. The van der Waals surface area contributed by atoms with Crippen LogP contribution in [-0.4, -0.2) is 28.2 Å². The third-order valence-corrected chi connectivity index (χ3v) is 3.93. The first-order chi connectivity index (χ1) is 9.75. The largest absolute Gasteiger partial charge is 0.361 e. The van der Waals surface area contributed by atoms with Crippen molar-refractivity contribution in [3.63, 3.8) is 0 Å². The van der Waals surface area contributed by atoms with Crippen LogP contribution in [0.3, 0.4) is 0 Å². The van der Waals surface area contributed by atoms with E-state index < -0.39 is 0 Å². The molecule has 0 amide bonds. The molecule has 3 heterocycles. The van der Waals surface area contributed by atoms with E-state index in [4.69, 9.17) is 4.52 Å². The summed E-state index contributed by atoms with van der Waals surface area (Å²) in [5.74, 6) is 1.45. The summed E-state index contributed by atoms with van der Waals surface area (Å²) >= 11 is 0. The topological polar surface area (TPSA) is 63.8 Å². The lowest BCUT2D eigenvalue weighted by atomic mass is 9.92. The molecule has 3 rings (SSSR count). The number of nitrogens with zero attached hydrogens (tertiary/aromatic N) is 3. The van der Waals surface area contributed by atoms with Crippen molar-refractivity contribution >= 4 is 0 Å². The molecule has 0 spiro atoms. The zero-order valence-corrected chi connectivity index (χ0v) is 12.0. The Morgan fingerprint density at radius 2 is 2.15 bits per heavy atom. The average molecular weight is 272 g/mol. The number of nitrogens with one attached hydrogen (secondary N) is 1. The molecule has 20 heavy (non-hydrogen) atoms. The minimum atomic E-state index is 0.639. The van der Waals surface area contributed by atoms with Gasteiger partial charge in [0.05, 0.1) is 22.6 Å². The van der Waals surface area contributed by atoms with E-state index in [0.717, 1.165) is 47.9 Å². The molecule has 0 aromatic carbocycles. The van der Waals surface area contributed by atoms with Gasteiger partial charge in [0.25, 0.3) is 0 Å². The minimum absolute atomic E-state index is 0.639. The molecule has 1 atom stereocenters. The normalized spacial score (nSPS) is 19.2. The second-order valence-electron chi connectivity index (χ2n) is 5.47. The zero-order valence-electron chi connectivity index (χ0n) is 12.0. The smallest absolute Gasteiger partial charge is 0.143 e. The second kappa shape index (κ2) is 5.71. The SMILES string of the molecule is Cc1noc(C)c1-c1nccnc1CC1CCCNC1. The fraction of sp³-hybridized carbons (Fsp3) is 0.533. The standard InChI is InChI=1S/C15H20N4O/c1-10-14(11(2)20-19-10)15-13(17-6-7-18-15)8-12-4-3-5-16-9-12/h6-7,12,16H,3-5,8-9H2,1-2H3. The van der Waals surface area contributed by atoms with Crippen molar-refractivity contribution in [1.29, 1.82) is 0 Å². The van der Waals surface area contributed by atoms with Gasteiger partial charge in [0.15, 0.2) is 0 Å². The first kappa shape index (κ1) is 13.2. The predicted molar refractivity (Wildman–Crippen MR) is 76.3 cm³/mol. The molecule has 1 aliphatic rings. The van der Waals surface area contributed by atoms with Crippen molar-refractivity contribution in [2.45, 2.75) is 33.1 Å². The van der Waals surface area contributed by atoms with E-state index in [-0.39, 0.29) is 0 Å². The highest BCUT2D eigenvalue weighted by Gasteiger charge is 2.21. The molecule has 2 aromatic heterocycles. The summed E-state index contributed by atoms with van der Waals surface area (Å²) in [5.41, 5.74) is 3.85. The van der Waals surface area contributed by atoms with E-state index in [9.17, 15) is 0 Å². The molecule has 1 unspecified atom stereocenters. The maximum atomic E-state index is 5.26. The lowest BCUT2D eigenvalue weighted by Gasteiger charge is -2.22. The van der Waals surface area contributed by atoms with Crippen molar-refractivity contribution in [2.24, 2.45) is 5.92 Å². The van der Waals surface area contributed by atoms with Crippen LogP contribution < -0.4 is 5.32 Å². The lowest BCUT2D eigenvalue weighted by molar-refractivity contribution is 0.373. The van der Waals surface area contributed by atoms with Crippen LogP contribution in [0, 0.1) is 19.8 Å². The van der Waals surface area contributed by atoms with Crippen molar-refractivity contribution in [3.05, 3.63) is 29.5 Å². The molecular weight excluding hydrogens is 252 g/mol. The maximum absolute atomic E-state index is 5.26. The molecule has 0 aliphatic carbocycles.